The molecule has 1 atom stereocenters. The number of ether oxygens (including phenoxy) is 1. The van der Waals surface area contributed by atoms with E-state index in [9.17, 15) is 5.26 Å². The molecule has 0 radical (unpaired) electrons. The minimum Gasteiger partial charge on any atom is -0.420 e. The molecule has 0 fully saturated rings. The van der Waals surface area contributed by atoms with Crippen molar-refractivity contribution in [2.45, 2.75) is 25.7 Å². The fraction of sp³-hybridized carbons (Fsp3) is 0.267. The highest BCUT2D eigenvalue weighted by Crippen LogP contribution is 2.42. The van der Waals surface area contributed by atoms with E-state index in [1.807, 2.05) is 12.1 Å². The van der Waals surface area contributed by atoms with E-state index in [2.05, 4.69) is 28.2 Å². The van der Waals surface area contributed by atoms with Gasteiger partial charge in [-0.25, -0.2) is 0 Å². The Hall–Kier alpha value is -2.81. The predicted molar refractivity (Wildman–Crippen MR) is 76.1 cm³/mol. The van der Waals surface area contributed by atoms with Crippen molar-refractivity contribution >= 4 is 0 Å². The molecule has 6 heteroatoms. The average Bonchev–Trinajstić information content (AvgIpc) is 2.89. The molecule has 21 heavy (non-hydrogen) atoms. The van der Waals surface area contributed by atoms with Crippen LogP contribution in [0.2, 0.25) is 0 Å². The molecule has 3 heterocycles. The van der Waals surface area contributed by atoms with Gasteiger partial charge in [-0.1, -0.05) is 13.3 Å². The minimum absolute atomic E-state index is 0.112. The number of hydrogen-bond acceptors (Lipinski definition) is 5. The Balaban J connectivity index is 2.20. The number of aryl methyl sites for hydroxylation is 1. The molecule has 106 valence electrons. The molecular formula is C15H15N5O. The van der Waals surface area contributed by atoms with Crippen molar-refractivity contribution in [3.8, 4) is 11.9 Å². The number of nitrogens with two attached hydrogens (primary N) is 1. The van der Waals surface area contributed by atoms with E-state index in [0.717, 1.165) is 29.7 Å². The number of fused-ring (bicyclic) bond motifs is 1. The zero-order chi connectivity index (χ0) is 14.8. The quantitative estimate of drug-likeness (QED) is 0.895. The van der Waals surface area contributed by atoms with Crippen LogP contribution in [0, 0.1) is 11.3 Å². The number of aromatic amines is 1. The van der Waals surface area contributed by atoms with E-state index >= 15 is 0 Å². The van der Waals surface area contributed by atoms with Gasteiger partial charge in [0.15, 0.2) is 0 Å². The number of nitrogens with one attached hydrogen (secondary N) is 1. The average molecular weight is 281 g/mol. The third-order valence-electron chi connectivity index (χ3n) is 3.56. The van der Waals surface area contributed by atoms with Gasteiger partial charge in [0.25, 0.3) is 0 Å². The smallest absolute Gasteiger partial charge is 0.244 e. The number of rotatable bonds is 3. The van der Waals surface area contributed by atoms with Gasteiger partial charge in [0, 0.05) is 23.7 Å². The molecule has 0 saturated heterocycles. The number of hydrogen-bond donors (Lipinski definition) is 2. The van der Waals surface area contributed by atoms with Gasteiger partial charge < -0.3 is 10.5 Å². The van der Waals surface area contributed by atoms with Gasteiger partial charge in [0.1, 0.15) is 11.6 Å². The van der Waals surface area contributed by atoms with Gasteiger partial charge in [-0.2, -0.15) is 5.26 Å². The van der Waals surface area contributed by atoms with Crippen molar-refractivity contribution in [1.82, 2.24) is 15.2 Å². The number of allylic oxidation sites excluding steroid dienone is 1. The summed E-state index contributed by atoms with van der Waals surface area (Å²) in [6, 6.07) is 5.93. The predicted octanol–water partition coefficient (Wildman–Crippen LogP) is 1.98. The van der Waals surface area contributed by atoms with Crippen LogP contribution in [0.4, 0.5) is 0 Å². The molecule has 3 rings (SSSR count). The van der Waals surface area contributed by atoms with E-state index in [-0.39, 0.29) is 11.8 Å². The third-order valence-corrected chi connectivity index (χ3v) is 3.56. The van der Waals surface area contributed by atoms with Crippen LogP contribution < -0.4 is 10.5 Å². The summed E-state index contributed by atoms with van der Waals surface area (Å²) in [7, 11) is 0. The highest BCUT2D eigenvalue weighted by Gasteiger charge is 2.34. The molecule has 0 amide bonds. The van der Waals surface area contributed by atoms with Crippen molar-refractivity contribution in [3.63, 3.8) is 0 Å². The van der Waals surface area contributed by atoms with Crippen molar-refractivity contribution in [2.75, 3.05) is 0 Å². The van der Waals surface area contributed by atoms with Crippen LogP contribution in [0.15, 0.2) is 36.0 Å². The number of pyridine rings is 1. The molecule has 2 aromatic heterocycles. The SMILES string of the molecule is CCCc1[nH]nc2c1[C@H](c1ccncc1)C(C#N)=C(N)O2. The molecule has 1 aliphatic rings. The molecular weight excluding hydrogens is 266 g/mol. The maximum Gasteiger partial charge on any atom is 0.244 e. The van der Waals surface area contributed by atoms with Gasteiger partial charge in [-0.05, 0) is 24.1 Å². The minimum atomic E-state index is -0.262. The molecule has 2 aromatic rings. The lowest BCUT2D eigenvalue weighted by Crippen LogP contribution is -2.21. The number of nitriles is 1. The Morgan fingerprint density at radius 2 is 2.19 bits per heavy atom. The first kappa shape index (κ1) is 13.2. The monoisotopic (exact) mass is 281 g/mol. The zero-order valence-electron chi connectivity index (χ0n) is 11.6. The first-order chi connectivity index (χ1) is 10.3. The summed E-state index contributed by atoms with van der Waals surface area (Å²) in [5.41, 5.74) is 9.12. The van der Waals surface area contributed by atoms with Crippen LogP contribution >= 0.6 is 0 Å². The van der Waals surface area contributed by atoms with Crippen molar-refractivity contribution in [3.05, 3.63) is 52.8 Å². The fourth-order valence-electron chi connectivity index (χ4n) is 2.64. The topological polar surface area (TPSA) is 101 Å². The largest absolute Gasteiger partial charge is 0.420 e. The lowest BCUT2D eigenvalue weighted by molar-refractivity contribution is 0.378. The molecule has 0 aromatic carbocycles. The molecule has 0 unspecified atom stereocenters. The second-order valence-electron chi connectivity index (χ2n) is 4.88. The van der Waals surface area contributed by atoms with Gasteiger partial charge >= 0.3 is 0 Å². The first-order valence-electron chi connectivity index (χ1n) is 6.80. The Morgan fingerprint density at radius 3 is 2.86 bits per heavy atom. The maximum atomic E-state index is 9.46. The number of H-pyrrole nitrogens is 1. The van der Waals surface area contributed by atoms with Crippen molar-refractivity contribution < 1.29 is 4.74 Å². The summed E-state index contributed by atoms with van der Waals surface area (Å²) in [6.07, 6.45) is 5.22. The van der Waals surface area contributed by atoms with Crippen LogP contribution in [-0.4, -0.2) is 15.2 Å². The van der Waals surface area contributed by atoms with Crippen LogP contribution in [0.3, 0.4) is 0 Å². The summed E-state index contributed by atoms with van der Waals surface area (Å²) in [4.78, 5) is 4.03. The van der Waals surface area contributed by atoms with Crippen molar-refractivity contribution in [2.24, 2.45) is 5.73 Å². The first-order valence-corrected chi connectivity index (χ1v) is 6.80. The number of nitrogens with zero attached hydrogens (tertiary/aromatic N) is 3. The lowest BCUT2D eigenvalue weighted by atomic mass is 9.84. The standard InChI is InChI=1S/C15H15N5O/c1-2-3-11-13-12(9-4-6-18-7-5-9)10(8-16)14(17)21-15(13)20-19-11/h4-7,12H,2-3,17H2,1H3,(H,19,20)/t12-/m1/s1. The van der Waals surface area contributed by atoms with Crippen LogP contribution in [-0.2, 0) is 6.42 Å². The lowest BCUT2D eigenvalue weighted by Gasteiger charge is -2.23. The van der Waals surface area contributed by atoms with Gasteiger partial charge in [-0.15, -0.1) is 5.10 Å². The Morgan fingerprint density at radius 1 is 1.43 bits per heavy atom. The second kappa shape index (κ2) is 5.29. The van der Waals surface area contributed by atoms with Crippen LogP contribution in [0.25, 0.3) is 0 Å². The Kier molecular flexibility index (Phi) is 3.32. The molecule has 3 N–H and O–H groups in total. The van der Waals surface area contributed by atoms with Crippen molar-refractivity contribution in [1.29, 1.82) is 5.26 Å². The summed E-state index contributed by atoms with van der Waals surface area (Å²) >= 11 is 0. The van der Waals surface area contributed by atoms with E-state index in [1.165, 1.54) is 0 Å². The summed E-state index contributed by atoms with van der Waals surface area (Å²) < 4.78 is 5.49. The van der Waals surface area contributed by atoms with E-state index in [1.54, 1.807) is 12.4 Å². The van der Waals surface area contributed by atoms with Gasteiger partial charge in [0.05, 0.1) is 5.92 Å². The highest BCUT2D eigenvalue weighted by atomic mass is 16.5. The van der Waals surface area contributed by atoms with Crippen LogP contribution in [0.1, 0.15) is 36.1 Å². The fourth-order valence-corrected chi connectivity index (χ4v) is 2.64. The molecule has 0 aliphatic carbocycles. The summed E-state index contributed by atoms with van der Waals surface area (Å²) in [5.74, 6) is 0.306. The normalized spacial score (nSPS) is 17.0. The summed E-state index contributed by atoms with van der Waals surface area (Å²) in [5, 5.41) is 16.6. The summed E-state index contributed by atoms with van der Waals surface area (Å²) in [6.45, 7) is 2.09. The Labute approximate surface area is 122 Å². The third kappa shape index (κ3) is 2.13. The van der Waals surface area contributed by atoms with E-state index in [0.29, 0.717) is 11.5 Å². The molecule has 0 saturated carbocycles. The molecule has 1 aliphatic heterocycles. The molecule has 0 spiro atoms. The van der Waals surface area contributed by atoms with E-state index < -0.39 is 0 Å². The maximum absolute atomic E-state index is 9.46. The number of aromatic nitrogens is 3. The molecule has 0 bridgehead atoms. The highest BCUT2D eigenvalue weighted by molar-refractivity contribution is 5.54. The Bertz CT molecular complexity index is 726. The second-order valence-corrected chi connectivity index (χ2v) is 4.88. The zero-order valence-corrected chi connectivity index (χ0v) is 11.6. The van der Waals surface area contributed by atoms with E-state index in [4.69, 9.17) is 10.5 Å². The van der Waals surface area contributed by atoms with Gasteiger partial charge in [-0.3, -0.25) is 10.1 Å². The van der Waals surface area contributed by atoms with Gasteiger partial charge in [0.2, 0.25) is 11.8 Å². The molecule has 6 nitrogen and oxygen atoms in total. The van der Waals surface area contributed by atoms with Crippen LogP contribution in [0.5, 0.6) is 5.88 Å².